The molecule has 17 heavy (non-hydrogen) atoms. The van der Waals surface area contributed by atoms with Crippen molar-refractivity contribution < 1.29 is 19.9 Å². The highest BCUT2D eigenvalue weighted by Crippen LogP contribution is 2.32. The van der Waals surface area contributed by atoms with E-state index < -0.39 is 10.9 Å². The topological polar surface area (TPSA) is 101 Å². The Hall–Kier alpha value is -1.60. The molecule has 2 N–H and O–H groups in total. The number of benzene rings is 1. The zero-order valence-corrected chi connectivity index (χ0v) is 9.81. The fraction of sp³-hybridized carbons (Fsp3) is 0.300. The number of rotatable bonds is 5. The molecule has 1 aromatic rings. The van der Waals surface area contributed by atoms with Crippen molar-refractivity contribution in [2.75, 3.05) is 6.61 Å². The molecule has 0 bridgehead atoms. The van der Waals surface area contributed by atoms with Crippen molar-refractivity contribution in [1.82, 2.24) is 0 Å². The lowest BCUT2D eigenvalue weighted by Gasteiger charge is -2.08. The molecule has 0 saturated heterocycles. The van der Waals surface area contributed by atoms with Gasteiger partial charge in [-0.25, -0.2) is 4.79 Å². The van der Waals surface area contributed by atoms with Crippen LogP contribution in [0.5, 0.6) is 0 Å². The van der Waals surface area contributed by atoms with Gasteiger partial charge in [-0.15, -0.1) is 11.8 Å². The van der Waals surface area contributed by atoms with Crippen molar-refractivity contribution in [2.24, 2.45) is 0 Å². The number of carboxylic acids is 1. The highest BCUT2D eigenvalue weighted by molar-refractivity contribution is 8.00. The molecule has 0 aliphatic rings. The van der Waals surface area contributed by atoms with Crippen LogP contribution in [0, 0.1) is 10.1 Å². The van der Waals surface area contributed by atoms with Gasteiger partial charge in [0.2, 0.25) is 0 Å². The number of carbonyl (C=O) groups is 1. The summed E-state index contributed by atoms with van der Waals surface area (Å²) in [6.07, 6.45) is 0. The van der Waals surface area contributed by atoms with Gasteiger partial charge in [-0.3, -0.25) is 10.1 Å². The van der Waals surface area contributed by atoms with Crippen LogP contribution < -0.4 is 0 Å². The summed E-state index contributed by atoms with van der Waals surface area (Å²) in [5.41, 5.74) is -0.382. The summed E-state index contributed by atoms with van der Waals surface area (Å²) in [6.45, 7) is 1.61. The first-order valence-corrected chi connectivity index (χ1v) is 5.63. The van der Waals surface area contributed by atoms with Crippen LogP contribution in [-0.4, -0.2) is 33.0 Å². The molecule has 1 aromatic carbocycles. The molecule has 0 heterocycles. The average molecular weight is 257 g/mol. The van der Waals surface area contributed by atoms with Gasteiger partial charge in [0.15, 0.2) is 0 Å². The first-order chi connectivity index (χ1) is 7.95. The fourth-order valence-electron chi connectivity index (χ4n) is 1.15. The number of hydrogen-bond donors (Lipinski definition) is 2. The van der Waals surface area contributed by atoms with E-state index in [1.54, 1.807) is 6.92 Å². The van der Waals surface area contributed by atoms with Crippen molar-refractivity contribution in [2.45, 2.75) is 17.1 Å². The van der Waals surface area contributed by atoms with Crippen molar-refractivity contribution in [3.8, 4) is 0 Å². The molecule has 1 unspecified atom stereocenters. The van der Waals surface area contributed by atoms with E-state index in [-0.39, 0.29) is 23.1 Å². The van der Waals surface area contributed by atoms with E-state index in [1.807, 2.05) is 0 Å². The van der Waals surface area contributed by atoms with Crippen LogP contribution in [0.1, 0.15) is 17.3 Å². The van der Waals surface area contributed by atoms with E-state index in [4.69, 9.17) is 10.2 Å². The van der Waals surface area contributed by atoms with Gasteiger partial charge in [0.1, 0.15) is 0 Å². The molecule has 0 spiro atoms. The molecule has 0 saturated carbocycles. The number of hydrogen-bond acceptors (Lipinski definition) is 5. The largest absolute Gasteiger partial charge is 0.478 e. The minimum absolute atomic E-state index is 0.109. The Kier molecular flexibility index (Phi) is 4.47. The van der Waals surface area contributed by atoms with Crippen LogP contribution in [-0.2, 0) is 0 Å². The standard InChI is InChI=1S/C10H11NO5S/c1-6(5-12)17-9-3-2-7(10(13)14)4-8(9)11(15)16/h2-4,6,12H,5H2,1H3,(H,13,14). The lowest BCUT2D eigenvalue weighted by molar-refractivity contribution is -0.387. The van der Waals surface area contributed by atoms with E-state index >= 15 is 0 Å². The summed E-state index contributed by atoms with van der Waals surface area (Å²) in [5.74, 6) is -1.21. The maximum Gasteiger partial charge on any atom is 0.335 e. The third-order valence-corrected chi connectivity index (χ3v) is 3.14. The smallest absolute Gasteiger partial charge is 0.335 e. The van der Waals surface area contributed by atoms with Crippen molar-refractivity contribution >= 4 is 23.4 Å². The summed E-state index contributed by atoms with van der Waals surface area (Å²) in [7, 11) is 0. The third kappa shape index (κ3) is 3.43. The summed E-state index contributed by atoms with van der Waals surface area (Å²) in [5, 5.41) is 28.2. The minimum Gasteiger partial charge on any atom is -0.478 e. The predicted octanol–water partition coefficient (Wildman–Crippen LogP) is 1.77. The monoisotopic (exact) mass is 257 g/mol. The molecule has 0 aliphatic carbocycles. The zero-order valence-electron chi connectivity index (χ0n) is 8.99. The molecular weight excluding hydrogens is 246 g/mol. The van der Waals surface area contributed by atoms with E-state index in [9.17, 15) is 14.9 Å². The average Bonchev–Trinajstić information content (AvgIpc) is 2.28. The van der Waals surface area contributed by atoms with Gasteiger partial charge in [-0.1, -0.05) is 6.92 Å². The minimum atomic E-state index is -1.21. The van der Waals surface area contributed by atoms with Crippen LogP contribution in [0.25, 0.3) is 0 Å². The Labute approximate surface area is 101 Å². The number of nitrogens with zero attached hydrogens (tertiary/aromatic N) is 1. The number of aliphatic hydroxyl groups excluding tert-OH is 1. The van der Waals surface area contributed by atoms with Crippen LogP contribution in [0.2, 0.25) is 0 Å². The highest BCUT2D eigenvalue weighted by atomic mass is 32.2. The Morgan fingerprint density at radius 3 is 2.71 bits per heavy atom. The Morgan fingerprint density at radius 1 is 1.59 bits per heavy atom. The molecule has 1 atom stereocenters. The molecular formula is C10H11NO5S. The molecule has 92 valence electrons. The second kappa shape index (κ2) is 5.65. The highest BCUT2D eigenvalue weighted by Gasteiger charge is 2.19. The van der Waals surface area contributed by atoms with Gasteiger partial charge in [-0.2, -0.15) is 0 Å². The predicted molar refractivity (Wildman–Crippen MR) is 62.5 cm³/mol. The van der Waals surface area contributed by atoms with Crippen LogP contribution in [0.3, 0.4) is 0 Å². The van der Waals surface area contributed by atoms with Gasteiger partial charge >= 0.3 is 5.97 Å². The molecule has 7 heteroatoms. The second-order valence-electron chi connectivity index (χ2n) is 3.36. The zero-order chi connectivity index (χ0) is 13.0. The molecule has 0 fully saturated rings. The van der Waals surface area contributed by atoms with Crippen molar-refractivity contribution in [1.29, 1.82) is 0 Å². The number of aromatic carboxylic acids is 1. The van der Waals surface area contributed by atoms with Gasteiger partial charge < -0.3 is 10.2 Å². The van der Waals surface area contributed by atoms with E-state index in [0.717, 1.165) is 17.8 Å². The van der Waals surface area contributed by atoms with Gasteiger partial charge in [0, 0.05) is 11.3 Å². The summed E-state index contributed by atoms with van der Waals surface area (Å²) < 4.78 is 0. The van der Waals surface area contributed by atoms with E-state index in [2.05, 4.69) is 0 Å². The Morgan fingerprint density at radius 2 is 2.24 bits per heavy atom. The second-order valence-corrected chi connectivity index (χ2v) is 4.84. The Balaban J connectivity index is 3.13. The number of carboxylic acid groups (broad SMARTS) is 1. The van der Waals surface area contributed by atoms with Crippen molar-refractivity contribution in [3.05, 3.63) is 33.9 Å². The van der Waals surface area contributed by atoms with E-state index in [1.165, 1.54) is 12.1 Å². The number of aliphatic hydroxyl groups is 1. The van der Waals surface area contributed by atoms with Gasteiger partial charge in [0.05, 0.1) is 22.0 Å². The maximum atomic E-state index is 10.8. The molecule has 0 amide bonds. The third-order valence-electron chi connectivity index (χ3n) is 1.99. The molecule has 1 rings (SSSR count). The van der Waals surface area contributed by atoms with Crippen molar-refractivity contribution in [3.63, 3.8) is 0 Å². The fourth-order valence-corrected chi connectivity index (χ4v) is 2.06. The number of thioether (sulfide) groups is 1. The van der Waals surface area contributed by atoms with E-state index in [0.29, 0.717) is 4.90 Å². The maximum absolute atomic E-state index is 10.8. The summed E-state index contributed by atoms with van der Waals surface area (Å²) >= 11 is 1.13. The number of nitro groups is 1. The molecule has 6 nitrogen and oxygen atoms in total. The lowest BCUT2D eigenvalue weighted by Crippen LogP contribution is -2.04. The normalized spacial score (nSPS) is 12.1. The first-order valence-electron chi connectivity index (χ1n) is 4.75. The van der Waals surface area contributed by atoms with Crippen LogP contribution in [0.15, 0.2) is 23.1 Å². The molecule has 0 aromatic heterocycles. The lowest BCUT2D eigenvalue weighted by atomic mass is 10.2. The summed E-state index contributed by atoms with van der Waals surface area (Å²) in [4.78, 5) is 21.2. The van der Waals surface area contributed by atoms with Crippen LogP contribution in [0.4, 0.5) is 5.69 Å². The van der Waals surface area contributed by atoms with Gasteiger partial charge in [0.25, 0.3) is 5.69 Å². The molecule has 0 aliphatic heterocycles. The van der Waals surface area contributed by atoms with Gasteiger partial charge in [-0.05, 0) is 12.1 Å². The quantitative estimate of drug-likeness (QED) is 0.473. The summed E-state index contributed by atoms with van der Waals surface area (Å²) in [6, 6.07) is 3.72. The SMILES string of the molecule is CC(CO)Sc1ccc(C(=O)O)cc1[N+](=O)[O-]. The number of nitro benzene ring substituents is 1. The molecule has 0 radical (unpaired) electrons. The first kappa shape index (κ1) is 13.5. The Bertz CT molecular complexity index is 448. The van der Waals surface area contributed by atoms with Crippen LogP contribution >= 0.6 is 11.8 Å².